The van der Waals surface area contributed by atoms with E-state index in [1.165, 1.54) is 5.57 Å². The van der Waals surface area contributed by atoms with Crippen LogP contribution in [0.25, 0.3) is 0 Å². The number of ether oxygens (including phenoxy) is 1. The molecule has 0 aliphatic rings. The first-order chi connectivity index (χ1) is 4.81. The largest absolute Gasteiger partial charge is 0.384 e. The van der Waals surface area contributed by atoms with Crippen LogP contribution in [0, 0.1) is 0 Å². The van der Waals surface area contributed by atoms with Crippen LogP contribution < -0.4 is 0 Å². The number of halogens is 1. The molecule has 0 atom stereocenters. The van der Waals surface area contributed by atoms with Crippen LogP contribution in [-0.2, 0) is 4.74 Å². The van der Waals surface area contributed by atoms with Gasteiger partial charge in [0.2, 0.25) is 0 Å². The summed E-state index contributed by atoms with van der Waals surface area (Å²) in [5.41, 5.74) is 2.84. The Balaban J connectivity index is 3.04. The Hall–Kier alpha value is 0.340. The molecule has 0 aliphatic heterocycles. The van der Waals surface area contributed by atoms with Crippen LogP contribution in [0.5, 0.6) is 0 Å². The Labute approximate surface area is 71.8 Å². The maximum atomic E-state index is 5.46. The second-order valence-corrected chi connectivity index (χ2v) is 3.32. The van der Waals surface area contributed by atoms with E-state index >= 15 is 0 Å². The Bertz CT molecular complexity index is 104. The Morgan fingerprint density at radius 3 is 2.90 bits per heavy atom. The van der Waals surface area contributed by atoms with Gasteiger partial charge in [-0.15, -0.1) is 0 Å². The predicted octanol–water partition coefficient (Wildman–Crippen LogP) is 2.51. The molecule has 0 heterocycles. The van der Waals surface area contributed by atoms with Gasteiger partial charge in [0.1, 0.15) is 0 Å². The highest BCUT2D eigenvalue weighted by molar-refractivity contribution is 7.99. The summed E-state index contributed by atoms with van der Waals surface area (Å²) in [7, 11) is 1.71. The molecular formula is C7H13ClOS. The summed E-state index contributed by atoms with van der Waals surface area (Å²) >= 11 is 7.29. The first kappa shape index (κ1) is 10.3. The highest BCUT2D eigenvalue weighted by Crippen LogP contribution is 2.07. The van der Waals surface area contributed by atoms with E-state index < -0.39 is 0 Å². The van der Waals surface area contributed by atoms with Crippen LogP contribution in [0.3, 0.4) is 0 Å². The van der Waals surface area contributed by atoms with Crippen LogP contribution in [0.1, 0.15) is 6.92 Å². The molecule has 0 amide bonds. The molecule has 0 radical (unpaired) electrons. The van der Waals surface area contributed by atoms with Crippen molar-refractivity contribution in [1.82, 2.24) is 0 Å². The maximum Gasteiger partial charge on any atom is 0.0553 e. The molecule has 10 heavy (non-hydrogen) atoms. The smallest absolute Gasteiger partial charge is 0.0553 e. The lowest BCUT2D eigenvalue weighted by molar-refractivity contribution is 0.218. The van der Waals surface area contributed by atoms with Crippen molar-refractivity contribution in [2.45, 2.75) is 6.92 Å². The van der Waals surface area contributed by atoms with Gasteiger partial charge in [0.05, 0.1) is 6.61 Å². The summed E-state index contributed by atoms with van der Waals surface area (Å²) in [4.78, 5) is 0. The van der Waals surface area contributed by atoms with Crippen LogP contribution >= 0.6 is 23.4 Å². The van der Waals surface area contributed by atoms with Crippen molar-refractivity contribution in [3.8, 4) is 0 Å². The van der Waals surface area contributed by atoms with E-state index in [1.54, 1.807) is 12.6 Å². The molecule has 0 saturated heterocycles. The zero-order chi connectivity index (χ0) is 7.82. The highest BCUT2D eigenvalue weighted by Gasteiger charge is 1.89. The van der Waals surface area contributed by atoms with E-state index in [0.29, 0.717) is 0 Å². The van der Waals surface area contributed by atoms with Gasteiger partial charge < -0.3 is 4.74 Å². The molecule has 0 fully saturated rings. The summed E-state index contributed by atoms with van der Waals surface area (Å²) in [5.74, 6) is 2.05. The summed E-state index contributed by atoms with van der Waals surface area (Å²) in [6.45, 7) is 2.84. The fourth-order valence-corrected chi connectivity index (χ4v) is 1.41. The molecule has 0 rings (SSSR count). The third-order valence-electron chi connectivity index (χ3n) is 0.948. The number of hydrogen-bond acceptors (Lipinski definition) is 2. The molecule has 0 unspecified atom stereocenters. The maximum absolute atomic E-state index is 5.46. The summed E-state index contributed by atoms with van der Waals surface area (Å²) in [6.07, 6.45) is 0. The second-order valence-electron chi connectivity index (χ2n) is 2.00. The molecule has 0 aliphatic carbocycles. The first-order valence-corrected chi connectivity index (χ1v) is 4.73. The number of rotatable bonds is 5. The van der Waals surface area contributed by atoms with Crippen LogP contribution in [-0.4, -0.2) is 25.2 Å². The van der Waals surface area contributed by atoms with E-state index in [9.17, 15) is 0 Å². The molecular weight excluding hydrogens is 168 g/mol. The normalized spacial score (nSPS) is 12.1. The van der Waals surface area contributed by atoms with Crippen molar-refractivity contribution in [3.63, 3.8) is 0 Å². The van der Waals surface area contributed by atoms with Gasteiger partial charge in [-0.1, -0.05) is 17.2 Å². The van der Waals surface area contributed by atoms with E-state index in [1.807, 2.05) is 18.7 Å². The lowest BCUT2D eigenvalue weighted by Gasteiger charge is -1.98. The minimum absolute atomic E-state index is 0.820. The SMILES string of the molecule is COCCSC/C(C)=C/Cl. The second kappa shape index (κ2) is 7.45. The summed E-state index contributed by atoms with van der Waals surface area (Å²) in [5, 5.41) is 0. The minimum atomic E-state index is 0.820. The minimum Gasteiger partial charge on any atom is -0.384 e. The number of thioether (sulfide) groups is 1. The number of hydrogen-bond donors (Lipinski definition) is 0. The van der Waals surface area contributed by atoms with Crippen molar-refractivity contribution in [3.05, 3.63) is 11.1 Å². The molecule has 0 N–H and O–H groups in total. The quantitative estimate of drug-likeness (QED) is 0.602. The first-order valence-electron chi connectivity index (χ1n) is 3.13. The molecule has 60 valence electrons. The Kier molecular flexibility index (Phi) is 7.70. The molecule has 0 aromatic rings. The molecule has 0 saturated carbocycles. The molecule has 0 aromatic heterocycles. The van der Waals surface area contributed by atoms with Gasteiger partial charge in [0.15, 0.2) is 0 Å². The average molecular weight is 181 g/mol. The van der Waals surface area contributed by atoms with Crippen molar-refractivity contribution < 1.29 is 4.74 Å². The van der Waals surface area contributed by atoms with Crippen LogP contribution in [0.2, 0.25) is 0 Å². The van der Waals surface area contributed by atoms with Gasteiger partial charge in [-0.25, -0.2) is 0 Å². The average Bonchev–Trinajstić information content (AvgIpc) is 1.98. The van der Waals surface area contributed by atoms with Crippen LogP contribution in [0.15, 0.2) is 11.1 Å². The zero-order valence-electron chi connectivity index (χ0n) is 6.39. The molecule has 3 heteroatoms. The molecule has 0 spiro atoms. The molecule has 1 nitrogen and oxygen atoms in total. The van der Waals surface area contributed by atoms with E-state index in [2.05, 4.69) is 0 Å². The monoisotopic (exact) mass is 180 g/mol. The Morgan fingerprint density at radius 1 is 1.70 bits per heavy atom. The van der Waals surface area contributed by atoms with Gasteiger partial charge in [-0.2, -0.15) is 11.8 Å². The fourth-order valence-electron chi connectivity index (χ4n) is 0.407. The lowest BCUT2D eigenvalue weighted by atomic mass is 10.4. The Morgan fingerprint density at radius 2 is 2.40 bits per heavy atom. The third-order valence-corrected chi connectivity index (χ3v) is 2.44. The van der Waals surface area contributed by atoms with E-state index in [-0.39, 0.29) is 0 Å². The van der Waals surface area contributed by atoms with Gasteiger partial charge in [-0.3, -0.25) is 0 Å². The summed E-state index contributed by atoms with van der Waals surface area (Å²) in [6, 6.07) is 0. The highest BCUT2D eigenvalue weighted by atomic mass is 35.5. The lowest BCUT2D eigenvalue weighted by Crippen LogP contribution is -1.92. The standard InChI is InChI=1S/C7H13ClOS/c1-7(5-8)6-10-4-3-9-2/h5H,3-4,6H2,1-2H3/b7-5+. The van der Waals surface area contributed by atoms with E-state index in [4.69, 9.17) is 16.3 Å². The predicted molar refractivity (Wildman–Crippen MR) is 48.8 cm³/mol. The van der Waals surface area contributed by atoms with Crippen molar-refractivity contribution in [2.75, 3.05) is 25.2 Å². The molecule has 0 bridgehead atoms. The molecule has 0 aromatic carbocycles. The summed E-state index contributed by atoms with van der Waals surface area (Å²) < 4.78 is 4.88. The topological polar surface area (TPSA) is 9.23 Å². The van der Waals surface area contributed by atoms with E-state index in [0.717, 1.165) is 18.1 Å². The van der Waals surface area contributed by atoms with Gasteiger partial charge in [-0.05, 0) is 6.92 Å². The number of methoxy groups -OCH3 is 1. The van der Waals surface area contributed by atoms with Crippen LogP contribution in [0.4, 0.5) is 0 Å². The van der Waals surface area contributed by atoms with Crippen molar-refractivity contribution in [1.29, 1.82) is 0 Å². The third kappa shape index (κ3) is 6.46. The zero-order valence-corrected chi connectivity index (χ0v) is 7.97. The van der Waals surface area contributed by atoms with Gasteiger partial charge >= 0.3 is 0 Å². The van der Waals surface area contributed by atoms with Crippen molar-refractivity contribution >= 4 is 23.4 Å². The van der Waals surface area contributed by atoms with Crippen molar-refractivity contribution in [2.24, 2.45) is 0 Å². The van der Waals surface area contributed by atoms with Gasteiger partial charge in [0.25, 0.3) is 0 Å². The fraction of sp³-hybridized carbons (Fsp3) is 0.714. The van der Waals surface area contributed by atoms with Gasteiger partial charge in [0, 0.05) is 24.2 Å².